The maximum atomic E-state index is 12.2. The first-order valence-corrected chi connectivity index (χ1v) is 6.87. The molecule has 19 heavy (non-hydrogen) atoms. The van der Waals surface area contributed by atoms with E-state index in [2.05, 4.69) is 0 Å². The number of anilines is 1. The summed E-state index contributed by atoms with van der Waals surface area (Å²) in [6.07, 6.45) is 0. The predicted molar refractivity (Wildman–Crippen MR) is 79.7 cm³/mol. The third-order valence-electron chi connectivity index (χ3n) is 2.89. The number of carbonyl (C=O) groups is 1. The molecule has 0 spiro atoms. The van der Waals surface area contributed by atoms with Gasteiger partial charge in [-0.25, -0.2) is 0 Å². The van der Waals surface area contributed by atoms with Crippen molar-refractivity contribution in [1.29, 1.82) is 0 Å². The van der Waals surface area contributed by atoms with Gasteiger partial charge < -0.3 is 9.64 Å². The lowest BCUT2D eigenvalue weighted by atomic mass is 10.2. The molecule has 0 fully saturated rings. The minimum atomic E-state index is 0.131. The summed E-state index contributed by atoms with van der Waals surface area (Å²) in [4.78, 5) is 16.0. The summed E-state index contributed by atoms with van der Waals surface area (Å²) >= 11 is 1.54. The molecule has 0 radical (unpaired) electrons. The van der Waals surface area contributed by atoms with Crippen LogP contribution in [0, 0.1) is 6.92 Å². The number of hydrogen-bond acceptors (Lipinski definition) is 4. The summed E-state index contributed by atoms with van der Waals surface area (Å²) in [6.45, 7) is 2.35. The fourth-order valence-electron chi connectivity index (χ4n) is 1.91. The number of carbonyl (C=O) groups excluding carboxylic acids is 1. The van der Waals surface area contributed by atoms with Gasteiger partial charge in [-0.1, -0.05) is 12.1 Å². The molecule has 3 nitrogen and oxygen atoms in total. The van der Waals surface area contributed by atoms with Gasteiger partial charge in [-0.15, -0.1) is 11.3 Å². The molecule has 1 aromatic heterocycles. The SMILES string of the molecule is COc1ccccc1N(C)CC(=O)c1ccc(C)s1. The van der Waals surface area contributed by atoms with Crippen molar-refractivity contribution >= 4 is 22.8 Å². The molecule has 0 aliphatic carbocycles. The van der Waals surface area contributed by atoms with E-state index in [0.717, 1.165) is 21.2 Å². The summed E-state index contributed by atoms with van der Waals surface area (Å²) in [5.41, 5.74) is 0.923. The Labute approximate surface area is 117 Å². The Kier molecular flexibility index (Phi) is 4.22. The molecule has 2 rings (SSSR count). The Morgan fingerprint density at radius 1 is 1.26 bits per heavy atom. The number of Topliss-reactive ketones (excluding diaryl/α,β-unsaturated/α-hetero) is 1. The van der Waals surface area contributed by atoms with E-state index in [1.807, 2.05) is 55.3 Å². The molecule has 0 aliphatic rings. The second-order valence-corrected chi connectivity index (χ2v) is 5.65. The number of hydrogen-bond donors (Lipinski definition) is 0. The van der Waals surface area contributed by atoms with E-state index >= 15 is 0 Å². The van der Waals surface area contributed by atoms with Crippen LogP contribution in [-0.4, -0.2) is 26.5 Å². The molecule has 0 atom stereocenters. The molecule has 0 saturated carbocycles. The first-order valence-electron chi connectivity index (χ1n) is 6.05. The van der Waals surface area contributed by atoms with Gasteiger partial charge >= 0.3 is 0 Å². The smallest absolute Gasteiger partial charge is 0.191 e. The lowest BCUT2D eigenvalue weighted by Crippen LogP contribution is -2.25. The van der Waals surface area contributed by atoms with Gasteiger partial charge in [0.25, 0.3) is 0 Å². The van der Waals surface area contributed by atoms with Crippen LogP contribution in [-0.2, 0) is 0 Å². The second kappa shape index (κ2) is 5.89. The maximum Gasteiger partial charge on any atom is 0.191 e. The van der Waals surface area contributed by atoms with Crippen molar-refractivity contribution in [3.63, 3.8) is 0 Å². The van der Waals surface area contributed by atoms with Crippen molar-refractivity contribution in [2.45, 2.75) is 6.92 Å². The van der Waals surface area contributed by atoms with E-state index in [9.17, 15) is 4.79 Å². The fourth-order valence-corrected chi connectivity index (χ4v) is 2.71. The van der Waals surface area contributed by atoms with Crippen molar-refractivity contribution < 1.29 is 9.53 Å². The van der Waals surface area contributed by atoms with Gasteiger partial charge in [0.1, 0.15) is 5.75 Å². The normalized spacial score (nSPS) is 10.3. The number of methoxy groups -OCH3 is 1. The minimum absolute atomic E-state index is 0.131. The molecular weight excluding hydrogens is 258 g/mol. The third kappa shape index (κ3) is 3.15. The van der Waals surface area contributed by atoms with Crippen molar-refractivity contribution in [1.82, 2.24) is 0 Å². The number of thiophene rings is 1. The van der Waals surface area contributed by atoms with Crippen molar-refractivity contribution in [2.24, 2.45) is 0 Å². The summed E-state index contributed by atoms with van der Waals surface area (Å²) in [5, 5.41) is 0. The minimum Gasteiger partial charge on any atom is -0.495 e. The molecule has 0 amide bonds. The van der Waals surface area contributed by atoms with Crippen LogP contribution in [0.4, 0.5) is 5.69 Å². The Balaban J connectivity index is 2.12. The van der Waals surface area contributed by atoms with Crippen LogP contribution in [0.3, 0.4) is 0 Å². The molecule has 2 aromatic rings. The topological polar surface area (TPSA) is 29.5 Å². The van der Waals surface area contributed by atoms with E-state index < -0.39 is 0 Å². The number of rotatable bonds is 5. The molecule has 4 heteroatoms. The number of ketones is 1. The van der Waals surface area contributed by atoms with Crippen LogP contribution in [0.25, 0.3) is 0 Å². The quantitative estimate of drug-likeness (QED) is 0.783. The van der Waals surface area contributed by atoms with Crippen LogP contribution in [0.2, 0.25) is 0 Å². The number of para-hydroxylation sites is 2. The molecule has 0 saturated heterocycles. The number of likely N-dealkylation sites (N-methyl/N-ethyl adjacent to an activating group) is 1. The number of benzene rings is 1. The highest BCUT2D eigenvalue weighted by molar-refractivity contribution is 7.14. The van der Waals surface area contributed by atoms with E-state index in [1.165, 1.54) is 11.3 Å². The molecule has 1 heterocycles. The van der Waals surface area contributed by atoms with Gasteiger partial charge in [0.2, 0.25) is 0 Å². The second-order valence-electron chi connectivity index (χ2n) is 4.36. The average molecular weight is 275 g/mol. The Morgan fingerprint density at radius 3 is 2.63 bits per heavy atom. The molecule has 100 valence electrons. The van der Waals surface area contributed by atoms with Crippen molar-refractivity contribution in [3.8, 4) is 5.75 Å². The van der Waals surface area contributed by atoms with Crippen molar-refractivity contribution in [3.05, 3.63) is 46.2 Å². The third-order valence-corrected chi connectivity index (χ3v) is 3.93. The van der Waals surface area contributed by atoms with Gasteiger partial charge in [0, 0.05) is 11.9 Å². The van der Waals surface area contributed by atoms with Crippen LogP contribution in [0.15, 0.2) is 36.4 Å². The average Bonchev–Trinajstić information content (AvgIpc) is 2.85. The zero-order valence-corrected chi connectivity index (χ0v) is 12.2. The van der Waals surface area contributed by atoms with Gasteiger partial charge in [0.15, 0.2) is 5.78 Å². The molecule has 0 aliphatic heterocycles. The van der Waals surface area contributed by atoms with Gasteiger partial charge in [0.05, 0.1) is 24.2 Å². The van der Waals surface area contributed by atoms with Crippen LogP contribution < -0.4 is 9.64 Å². The predicted octanol–water partition coefficient (Wildman–Crippen LogP) is 3.38. The lowest BCUT2D eigenvalue weighted by molar-refractivity contribution is 0.100. The van der Waals surface area contributed by atoms with Crippen molar-refractivity contribution in [2.75, 3.05) is 25.6 Å². The molecule has 0 bridgehead atoms. The van der Waals surface area contributed by atoms with Crippen LogP contribution in [0.1, 0.15) is 14.5 Å². The summed E-state index contributed by atoms with van der Waals surface area (Å²) in [6, 6.07) is 11.6. The maximum absolute atomic E-state index is 12.2. The first kappa shape index (κ1) is 13.6. The number of nitrogens with zero attached hydrogens (tertiary/aromatic N) is 1. The summed E-state index contributed by atoms with van der Waals surface area (Å²) in [5.74, 6) is 0.909. The molecule has 0 N–H and O–H groups in total. The largest absolute Gasteiger partial charge is 0.495 e. The fraction of sp³-hybridized carbons (Fsp3) is 0.267. The number of aryl methyl sites for hydroxylation is 1. The molecule has 0 unspecified atom stereocenters. The number of ether oxygens (including phenoxy) is 1. The monoisotopic (exact) mass is 275 g/mol. The van der Waals surface area contributed by atoms with E-state index in [0.29, 0.717) is 6.54 Å². The zero-order valence-electron chi connectivity index (χ0n) is 11.3. The Bertz CT molecular complexity index is 577. The Hall–Kier alpha value is -1.81. The van der Waals surface area contributed by atoms with Gasteiger partial charge in [-0.3, -0.25) is 4.79 Å². The Morgan fingerprint density at radius 2 is 2.00 bits per heavy atom. The van der Waals surface area contributed by atoms with Crippen LogP contribution >= 0.6 is 11.3 Å². The van der Waals surface area contributed by atoms with E-state index in [1.54, 1.807) is 7.11 Å². The summed E-state index contributed by atoms with van der Waals surface area (Å²) < 4.78 is 5.31. The zero-order chi connectivity index (χ0) is 13.8. The molecule has 1 aromatic carbocycles. The van der Waals surface area contributed by atoms with Gasteiger partial charge in [-0.2, -0.15) is 0 Å². The van der Waals surface area contributed by atoms with Crippen LogP contribution in [0.5, 0.6) is 5.75 Å². The summed E-state index contributed by atoms with van der Waals surface area (Å²) in [7, 11) is 3.54. The first-order chi connectivity index (χ1) is 9.11. The van der Waals surface area contributed by atoms with E-state index in [-0.39, 0.29) is 5.78 Å². The standard InChI is InChI=1S/C15H17NO2S/c1-11-8-9-15(19-11)13(17)10-16(2)12-6-4-5-7-14(12)18-3/h4-9H,10H2,1-3H3. The highest BCUT2D eigenvalue weighted by Crippen LogP contribution is 2.27. The molecular formula is C15H17NO2S. The van der Waals surface area contributed by atoms with Gasteiger partial charge in [-0.05, 0) is 31.2 Å². The lowest BCUT2D eigenvalue weighted by Gasteiger charge is -2.20. The highest BCUT2D eigenvalue weighted by Gasteiger charge is 2.14. The highest BCUT2D eigenvalue weighted by atomic mass is 32.1. The van der Waals surface area contributed by atoms with E-state index in [4.69, 9.17) is 4.74 Å².